The molecule has 1 aliphatic carbocycles. The molecule has 0 radical (unpaired) electrons. The molecule has 32 heavy (non-hydrogen) atoms. The van der Waals surface area contributed by atoms with Crippen molar-refractivity contribution in [3.63, 3.8) is 0 Å². The van der Waals surface area contributed by atoms with Crippen molar-refractivity contribution in [1.82, 2.24) is 15.1 Å². The van der Waals surface area contributed by atoms with E-state index in [1.807, 2.05) is 0 Å². The summed E-state index contributed by atoms with van der Waals surface area (Å²) >= 11 is 0. The molecule has 3 aliphatic rings. The van der Waals surface area contributed by atoms with Gasteiger partial charge in [0.2, 0.25) is 11.8 Å². The first-order valence-corrected chi connectivity index (χ1v) is 12.6. The van der Waals surface area contributed by atoms with E-state index in [-0.39, 0.29) is 29.3 Å². The summed E-state index contributed by atoms with van der Waals surface area (Å²) in [7, 11) is 0. The monoisotopic (exact) mass is 439 g/mol. The summed E-state index contributed by atoms with van der Waals surface area (Å²) in [6.07, 6.45) is 7.44. The molecule has 2 fully saturated rings. The lowest BCUT2D eigenvalue weighted by atomic mass is 9.63. The molecule has 2 heterocycles. The van der Waals surface area contributed by atoms with E-state index >= 15 is 0 Å². The molecule has 5 heteroatoms. The van der Waals surface area contributed by atoms with Gasteiger partial charge in [-0.15, -0.1) is 0 Å². The largest absolute Gasteiger partial charge is 0.347 e. The molecular formula is C27H41N3O2. The van der Waals surface area contributed by atoms with Crippen molar-refractivity contribution < 1.29 is 9.59 Å². The van der Waals surface area contributed by atoms with Crippen molar-refractivity contribution in [1.29, 1.82) is 0 Å². The smallest absolute Gasteiger partial charge is 0.243 e. The molecular weight excluding hydrogens is 398 g/mol. The third-order valence-corrected chi connectivity index (χ3v) is 8.09. The lowest BCUT2D eigenvalue weighted by Crippen LogP contribution is -2.49. The molecule has 1 unspecified atom stereocenters. The van der Waals surface area contributed by atoms with Gasteiger partial charge in [0.1, 0.15) is 6.04 Å². The number of amides is 2. The van der Waals surface area contributed by atoms with E-state index in [0.717, 1.165) is 38.8 Å². The number of benzene rings is 1. The minimum atomic E-state index is -0.304. The number of nitrogens with one attached hydrogen (secondary N) is 1. The first-order valence-electron chi connectivity index (χ1n) is 12.6. The molecule has 2 atom stereocenters. The van der Waals surface area contributed by atoms with Crippen LogP contribution in [0.4, 0.5) is 0 Å². The van der Waals surface area contributed by atoms with Crippen LogP contribution in [0.5, 0.6) is 0 Å². The highest BCUT2D eigenvalue weighted by Crippen LogP contribution is 2.48. The van der Waals surface area contributed by atoms with Crippen molar-refractivity contribution >= 4 is 11.8 Å². The van der Waals surface area contributed by atoms with Crippen LogP contribution in [0.25, 0.3) is 0 Å². The SMILES string of the molecule is CC(=O)N1CCCC1C(=O)N[C@H]1CCC2(CCN(CCC(C)(C)C)CC2)c2ccccc21. The topological polar surface area (TPSA) is 52.7 Å². The Labute approximate surface area is 193 Å². The quantitative estimate of drug-likeness (QED) is 0.756. The van der Waals surface area contributed by atoms with Crippen LogP contribution in [-0.4, -0.2) is 53.8 Å². The summed E-state index contributed by atoms with van der Waals surface area (Å²) in [5, 5.41) is 3.33. The van der Waals surface area contributed by atoms with E-state index in [4.69, 9.17) is 0 Å². The highest BCUT2D eigenvalue weighted by atomic mass is 16.2. The second-order valence-electron chi connectivity index (χ2n) is 11.5. The summed E-state index contributed by atoms with van der Waals surface area (Å²) in [5.74, 6) is 0.0225. The number of rotatable bonds is 4. The van der Waals surface area contributed by atoms with E-state index < -0.39 is 0 Å². The van der Waals surface area contributed by atoms with Crippen LogP contribution in [0.3, 0.4) is 0 Å². The predicted octanol–water partition coefficient (Wildman–Crippen LogP) is 4.42. The van der Waals surface area contributed by atoms with E-state index in [1.54, 1.807) is 11.8 Å². The molecule has 5 nitrogen and oxygen atoms in total. The van der Waals surface area contributed by atoms with Gasteiger partial charge in [0.15, 0.2) is 0 Å². The summed E-state index contributed by atoms with van der Waals surface area (Å²) in [6, 6.07) is 8.53. The van der Waals surface area contributed by atoms with Crippen molar-refractivity contribution in [2.24, 2.45) is 5.41 Å². The Bertz CT molecular complexity index is 836. The molecule has 0 bridgehead atoms. The molecule has 2 saturated heterocycles. The molecule has 0 aromatic heterocycles. The zero-order valence-corrected chi connectivity index (χ0v) is 20.5. The number of piperidine rings is 1. The molecule has 1 aromatic carbocycles. The van der Waals surface area contributed by atoms with Gasteiger partial charge >= 0.3 is 0 Å². The minimum Gasteiger partial charge on any atom is -0.347 e. The minimum absolute atomic E-state index is 0.00358. The van der Waals surface area contributed by atoms with Gasteiger partial charge in [0.05, 0.1) is 6.04 Å². The van der Waals surface area contributed by atoms with E-state index in [9.17, 15) is 9.59 Å². The van der Waals surface area contributed by atoms with Gasteiger partial charge in [-0.1, -0.05) is 45.0 Å². The fourth-order valence-corrected chi connectivity index (χ4v) is 6.05. The highest BCUT2D eigenvalue weighted by Gasteiger charge is 2.43. The Kier molecular flexibility index (Phi) is 6.67. The van der Waals surface area contributed by atoms with E-state index in [1.165, 1.54) is 36.9 Å². The number of likely N-dealkylation sites (tertiary alicyclic amines) is 2. The Morgan fingerprint density at radius 1 is 1.06 bits per heavy atom. The molecule has 1 N–H and O–H groups in total. The fraction of sp³-hybridized carbons (Fsp3) is 0.704. The fourth-order valence-electron chi connectivity index (χ4n) is 6.05. The standard InChI is InChI=1S/C27H41N3O2/c1-20(31)30-16-7-10-24(30)25(32)28-23-11-12-27(22-9-6-5-8-21(22)23)14-18-29(19-15-27)17-13-26(2,3)4/h5-6,8-9,23-24H,7,10-19H2,1-4H3,(H,28,32)/t23-,24?/m0/s1. The number of carbonyl (C=O) groups excluding carboxylic acids is 2. The van der Waals surface area contributed by atoms with Crippen molar-refractivity contribution in [3.05, 3.63) is 35.4 Å². The zero-order valence-electron chi connectivity index (χ0n) is 20.5. The van der Waals surface area contributed by atoms with Crippen LogP contribution < -0.4 is 5.32 Å². The number of carbonyl (C=O) groups is 2. The van der Waals surface area contributed by atoms with Crippen LogP contribution in [0.2, 0.25) is 0 Å². The third-order valence-electron chi connectivity index (χ3n) is 8.09. The van der Waals surface area contributed by atoms with Crippen LogP contribution in [0.15, 0.2) is 24.3 Å². The maximum atomic E-state index is 13.1. The Morgan fingerprint density at radius 3 is 2.47 bits per heavy atom. The Hall–Kier alpha value is -1.88. The molecule has 1 spiro atoms. The Morgan fingerprint density at radius 2 is 1.78 bits per heavy atom. The second-order valence-corrected chi connectivity index (χ2v) is 11.5. The summed E-state index contributed by atoms with van der Waals surface area (Å²) < 4.78 is 0. The average Bonchev–Trinajstić information content (AvgIpc) is 3.26. The van der Waals surface area contributed by atoms with Crippen LogP contribution in [0, 0.1) is 5.41 Å². The number of nitrogens with zero attached hydrogens (tertiary/aromatic N) is 2. The van der Waals surface area contributed by atoms with E-state index in [0.29, 0.717) is 12.0 Å². The molecule has 2 amide bonds. The zero-order chi connectivity index (χ0) is 22.9. The van der Waals surface area contributed by atoms with Crippen molar-refractivity contribution in [3.8, 4) is 0 Å². The van der Waals surface area contributed by atoms with E-state index in [2.05, 4.69) is 55.3 Å². The predicted molar refractivity (Wildman–Crippen MR) is 128 cm³/mol. The van der Waals surface area contributed by atoms with Gasteiger partial charge in [0, 0.05) is 13.5 Å². The van der Waals surface area contributed by atoms with Gasteiger partial charge in [-0.05, 0) is 86.5 Å². The lowest BCUT2D eigenvalue weighted by molar-refractivity contribution is -0.137. The second kappa shape index (κ2) is 9.17. The van der Waals surface area contributed by atoms with Crippen molar-refractivity contribution in [2.75, 3.05) is 26.2 Å². The van der Waals surface area contributed by atoms with Crippen LogP contribution in [-0.2, 0) is 15.0 Å². The van der Waals surface area contributed by atoms with Crippen LogP contribution >= 0.6 is 0 Å². The molecule has 4 rings (SSSR count). The number of hydrogen-bond donors (Lipinski definition) is 1. The Balaban J connectivity index is 1.45. The number of fused-ring (bicyclic) bond motifs is 2. The van der Waals surface area contributed by atoms with Crippen LogP contribution in [0.1, 0.15) is 89.8 Å². The molecule has 1 aromatic rings. The van der Waals surface area contributed by atoms with Gasteiger partial charge in [-0.2, -0.15) is 0 Å². The molecule has 176 valence electrons. The van der Waals surface area contributed by atoms with Gasteiger partial charge in [-0.3, -0.25) is 9.59 Å². The average molecular weight is 440 g/mol. The summed E-state index contributed by atoms with van der Waals surface area (Å²) in [6.45, 7) is 12.8. The summed E-state index contributed by atoms with van der Waals surface area (Å²) in [4.78, 5) is 29.4. The highest BCUT2D eigenvalue weighted by molar-refractivity contribution is 5.87. The van der Waals surface area contributed by atoms with Gasteiger partial charge in [0.25, 0.3) is 0 Å². The lowest BCUT2D eigenvalue weighted by Gasteiger charge is -2.47. The number of hydrogen-bond acceptors (Lipinski definition) is 3. The molecule has 2 aliphatic heterocycles. The first kappa shape index (κ1) is 23.3. The first-order chi connectivity index (χ1) is 15.2. The molecule has 0 saturated carbocycles. The normalized spacial score (nSPS) is 25.6. The summed E-state index contributed by atoms with van der Waals surface area (Å²) in [5.41, 5.74) is 3.37. The maximum Gasteiger partial charge on any atom is 0.243 e. The van der Waals surface area contributed by atoms with Gasteiger partial charge in [-0.25, -0.2) is 0 Å². The van der Waals surface area contributed by atoms with Gasteiger partial charge < -0.3 is 15.1 Å². The third kappa shape index (κ3) is 4.88. The van der Waals surface area contributed by atoms with Crippen molar-refractivity contribution in [2.45, 2.75) is 90.1 Å². The maximum absolute atomic E-state index is 13.1.